The number of piperazine rings is 1. The molecule has 0 amide bonds. The van der Waals surface area contributed by atoms with Crippen LogP contribution in [0.5, 0.6) is 0 Å². The van der Waals surface area contributed by atoms with E-state index < -0.39 is 0 Å². The quantitative estimate of drug-likeness (QED) is 0.819. The predicted molar refractivity (Wildman–Crippen MR) is 101 cm³/mol. The molecule has 2 aromatic rings. The Hall–Kier alpha value is -2.38. The van der Waals surface area contributed by atoms with E-state index in [1.54, 1.807) is 6.33 Å². The molecule has 0 radical (unpaired) electrons. The lowest BCUT2D eigenvalue weighted by molar-refractivity contribution is 0.188. The third-order valence-corrected chi connectivity index (χ3v) is 4.57. The first-order valence-corrected chi connectivity index (χ1v) is 8.75. The van der Waals surface area contributed by atoms with E-state index in [-0.39, 0.29) is 6.61 Å². The number of para-hydroxylation sites is 1. The fraction of sp³-hybridized carbons (Fsp3) is 0.444. The molecule has 25 heavy (non-hydrogen) atoms. The zero-order valence-electron chi connectivity index (χ0n) is 14.7. The third-order valence-electron chi connectivity index (χ3n) is 4.57. The standard InChI is InChI=1S/C18H26N6O/c1-2-24(15-6-4-3-5-7-15)18-16(19)17(20-14-21-18)23-10-8-22(9-11-23)12-13-25/h3-7,14,25H,2,8-13,19H2,1H3. The molecule has 1 aromatic carbocycles. The van der Waals surface area contributed by atoms with Crippen molar-refractivity contribution in [2.45, 2.75) is 6.92 Å². The van der Waals surface area contributed by atoms with Crippen molar-refractivity contribution in [3.8, 4) is 0 Å². The molecule has 134 valence electrons. The first-order chi connectivity index (χ1) is 12.2. The van der Waals surface area contributed by atoms with Crippen molar-refractivity contribution in [1.29, 1.82) is 0 Å². The fourth-order valence-electron chi connectivity index (χ4n) is 3.23. The number of rotatable bonds is 6. The molecule has 1 saturated heterocycles. The smallest absolute Gasteiger partial charge is 0.161 e. The van der Waals surface area contributed by atoms with E-state index in [2.05, 4.69) is 43.7 Å². The SMILES string of the molecule is CCN(c1ccccc1)c1ncnc(N2CCN(CCO)CC2)c1N. The van der Waals surface area contributed by atoms with Gasteiger partial charge in [0.05, 0.1) is 6.61 Å². The van der Waals surface area contributed by atoms with E-state index in [0.29, 0.717) is 5.69 Å². The van der Waals surface area contributed by atoms with Gasteiger partial charge in [0.1, 0.15) is 12.0 Å². The molecule has 0 spiro atoms. The highest BCUT2D eigenvalue weighted by molar-refractivity contribution is 5.79. The summed E-state index contributed by atoms with van der Waals surface area (Å²) in [6.45, 7) is 7.26. The summed E-state index contributed by atoms with van der Waals surface area (Å²) in [6, 6.07) is 10.1. The molecule has 0 bridgehead atoms. The van der Waals surface area contributed by atoms with Crippen LogP contribution in [0.3, 0.4) is 0 Å². The van der Waals surface area contributed by atoms with Crippen molar-refractivity contribution in [3.63, 3.8) is 0 Å². The van der Waals surface area contributed by atoms with Gasteiger partial charge >= 0.3 is 0 Å². The second kappa shape index (κ2) is 8.13. The van der Waals surface area contributed by atoms with Gasteiger partial charge in [-0.2, -0.15) is 0 Å². The molecule has 7 nitrogen and oxygen atoms in total. The summed E-state index contributed by atoms with van der Waals surface area (Å²) in [7, 11) is 0. The Labute approximate surface area is 148 Å². The average molecular weight is 342 g/mol. The number of hydrogen-bond donors (Lipinski definition) is 2. The van der Waals surface area contributed by atoms with E-state index in [4.69, 9.17) is 10.8 Å². The Balaban J connectivity index is 1.83. The number of nitrogen functional groups attached to an aromatic ring is 1. The van der Waals surface area contributed by atoms with Crippen molar-refractivity contribution in [2.75, 3.05) is 61.4 Å². The van der Waals surface area contributed by atoms with Gasteiger partial charge in [-0.05, 0) is 19.1 Å². The zero-order chi connectivity index (χ0) is 17.6. The second-order valence-electron chi connectivity index (χ2n) is 6.07. The Morgan fingerprint density at radius 1 is 1.12 bits per heavy atom. The number of benzene rings is 1. The van der Waals surface area contributed by atoms with Crippen molar-refractivity contribution in [1.82, 2.24) is 14.9 Å². The number of nitrogens with zero attached hydrogens (tertiary/aromatic N) is 5. The van der Waals surface area contributed by atoms with Gasteiger partial charge in [-0.1, -0.05) is 18.2 Å². The van der Waals surface area contributed by atoms with Crippen LogP contribution in [0.4, 0.5) is 23.0 Å². The summed E-state index contributed by atoms with van der Waals surface area (Å²) in [5.41, 5.74) is 8.14. The first-order valence-electron chi connectivity index (χ1n) is 8.75. The minimum Gasteiger partial charge on any atom is -0.395 e. The van der Waals surface area contributed by atoms with Crippen LogP contribution in [-0.2, 0) is 0 Å². The van der Waals surface area contributed by atoms with E-state index in [0.717, 1.165) is 56.6 Å². The molecule has 7 heteroatoms. The van der Waals surface area contributed by atoms with E-state index in [1.165, 1.54) is 0 Å². The topological polar surface area (TPSA) is 81.8 Å². The molecular weight excluding hydrogens is 316 g/mol. The number of nitrogens with two attached hydrogens (primary N) is 1. The predicted octanol–water partition coefficient (Wildman–Crippen LogP) is 1.33. The van der Waals surface area contributed by atoms with Gasteiger partial charge in [-0.15, -0.1) is 0 Å². The van der Waals surface area contributed by atoms with Gasteiger partial charge < -0.3 is 20.6 Å². The molecule has 1 aromatic heterocycles. The molecule has 0 atom stereocenters. The van der Waals surface area contributed by atoms with Gasteiger partial charge in [0.15, 0.2) is 11.6 Å². The maximum absolute atomic E-state index is 9.08. The van der Waals surface area contributed by atoms with Crippen LogP contribution in [0, 0.1) is 0 Å². The first kappa shape index (κ1) is 17.4. The molecule has 0 unspecified atom stereocenters. The summed E-state index contributed by atoms with van der Waals surface area (Å²) in [5.74, 6) is 1.54. The Kier molecular flexibility index (Phi) is 5.67. The summed E-state index contributed by atoms with van der Waals surface area (Å²) in [4.78, 5) is 15.4. The summed E-state index contributed by atoms with van der Waals surface area (Å²) in [6.07, 6.45) is 1.59. The molecular formula is C18H26N6O. The number of anilines is 4. The molecule has 1 fully saturated rings. The minimum absolute atomic E-state index is 0.197. The Bertz CT molecular complexity index is 673. The van der Waals surface area contributed by atoms with E-state index in [9.17, 15) is 0 Å². The van der Waals surface area contributed by atoms with Gasteiger partial charge in [-0.25, -0.2) is 9.97 Å². The highest BCUT2D eigenvalue weighted by Gasteiger charge is 2.22. The number of aliphatic hydroxyl groups is 1. The molecule has 0 saturated carbocycles. The van der Waals surface area contributed by atoms with Crippen LogP contribution in [0.1, 0.15) is 6.92 Å². The Morgan fingerprint density at radius 3 is 2.48 bits per heavy atom. The van der Waals surface area contributed by atoms with E-state index in [1.807, 2.05) is 18.2 Å². The highest BCUT2D eigenvalue weighted by Crippen LogP contribution is 2.33. The van der Waals surface area contributed by atoms with Crippen molar-refractivity contribution >= 4 is 23.0 Å². The number of aromatic nitrogens is 2. The molecule has 3 N–H and O–H groups in total. The van der Waals surface area contributed by atoms with Gasteiger partial charge in [0.2, 0.25) is 0 Å². The zero-order valence-corrected chi connectivity index (χ0v) is 14.7. The van der Waals surface area contributed by atoms with Gasteiger partial charge in [0, 0.05) is 45.0 Å². The highest BCUT2D eigenvalue weighted by atomic mass is 16.3. The molecule has 1 aliphatic rings. The Morgan fingerprint density at radius 2 is 1.84 bits per heavy atom. The number of β-amino-alcohol motifs (C(OH)–C–C–N with tert-alkyl or cyclic N) is 1. The molecule has 3 rings (SSSR count). The normalized spacial score (nSPS) is 15.4. The lowest BCUT2D eigenvalue weighted by atomic mass is 10.2. The maximum Gasteiger partial charge on any atom is 0.161 e. The van der Waals surface area contributed by atoms with Crippen molar-refractivity contribution < 1.29 is 5.11 Å². The average Bonchev–Trinajstić information content (AvgIpc) is 2.66. The minimum atomic E-state index is 0.197. The molecule has 0 aliphatic carbocycles. The van der Waals surface area contributed by atoms with Crippen molar-refractivity contribution in [3.05, 3.63) is 36.7 Å². The van der Waals surface area contributed by atoms with Gasteiger partial charge in [-0.3, -0.25) is 4.90 Å². The lowest BCUT2D eigenvalue weighted by Gasteiger charge is -2.36. The lowest BCUT2D eigenvalue weighted by Crippen LogP contribution is -2.47. The second-order valence-corrected chi connectivity index (χ2v) is 6.07. The number of aliphatic hydroxyl groups excluding tert-OH is 1. The molecule has 2 heterocycles. The van der Waals surface area contributed by atoms with Gasteiger partial charge in [0.25, 0.3) is 0 Å². The largest absolute Gasteiger partial charge is 0.395 e. The van der Waals surface area contributed by atoms with Crippen LogP contribution < -0.4 is 15.5 Å². The van der Waals surface area contributed by atoms with E-state index >= 15 is 0 Å². The molecule has 1 aliphatic heterocycles. The summed E-state index contributed by atoms with van der Waals surface area (Å²) < 4.78 is 0. The van der Waals surface area contributed by atoms with Crippen LogP contribution >= 0.6 is 0 Å². The summed E-state index contributed by atoms with van der Waals surface area (Å²) >= 11 is 0. The van der Waals surface area contributed by atoms with Crippen LogP contribution in [0.15, 0.2) is 36.7 Å². The van der Waals surface area contributed by atoms with Crippen LogP contribution in [-0.4, -0.2) is 65.8 Å². The maximum atomic E-state index is 9.08. The monoisotopic (exact) mass is 342 g/mol. The van der Waals surface area contributed by atoms with Crippen molar-refractivity contribution in [2.24, 2.45) is 0 Å². The third kappa shape index (κ3) is 3.83. The van der Waals surface area contributed by atoms with Crippen LogP contribution in [0.25, 0.3) is 0 Å². The number of hydrogen-bond acceptors (Lipinski definition) is 7. The van der Waals surface area contributed by atoms with Crippen LogP contribution in [0.2, 0.25) is 0 Å². The fourth-order valence-corrected chi connectivity index (χ4v) is 3.23. The summed E-state index contributed by atoms with van der Waals surface area (Å²) in [5, 5.41) is 9.08.